The zero-order chi connectivity index (χ0) is 19.8. The predicted molar refractivity (Wildman–Crippen MR) is 119 cm³/mol. The van der Waals surface area contributed by atoms with Gasteiger partial charge in [-0.05, 0) is 43.7 Å². The molecule has 2 aromatic carbocycles. The van der Waals surface area contributed by atoms with Crippen molar-refractivity contribution in [3.8, 4) is 0 Å². The molecular formula is C21H27ClN4OS. The molecule has 0 spiro atoms. The van der Waals surface area contributed by atoms with Crippen LogP contribution in [0, 0.1) is 0 Å². The Balaban J connectivity index is 1.53. The highest BCUT2D eigenvalue weighted by Gasteiger charge is 2.23. The standard InChI is InChI=1S/C21H27ClN4OS/c1-2-23-21(24-12-14-28(27)20-9-4-3-5-10-20)25-18-11-13-26(16-18)19-8-6-7-17(22)15-19/h3-10,15,18H,2,11-14,16H2,1H3,(H2,23,24,25). The SMILES string of the molecule is CCNC(=NCCS(=O)c1ccccc1)NC1CCN(c2cccc(Cl)c2)C1. The normalized spacial score (nSPS) is 18.1. The van der Waals surface area contributed by atoms with E-state index in [-0.39, 0.29) is 0 Å². The molecule has 0 aliphatic carbocycles. The Bertz CT molecular complexity index is 815. The largest absolute Gasteiger partial charge is 0.369 e. The number of guanidine groups is 1. The van der Waals surface area contributed by atoms with E-state index in [9.17, 15) is 4.21 Å². The van der Waals surface area contributed by atoms with E-state index >= 15 is 0 Å². The lowest BCUT2D eigenvalue weighted by Gasteiger charge is -2.20. The number of hydrogen-bond donors (Lipinski definition) is 2. The summed E-state index contributed by atoms with van der Waals surface area (Å²) in [5.74, 6) is 1.30. The molecule has 7 heteroatoms. The van der Waals surface area contributed by atoms with Gasteiger partial charge >= 0.3 is 0 Å². The summed E-state index contributed by atoms with van der Waals surface area (Å²) < 4.78 is 12.3. The third kappa shape index (κ3) is 5.97. The molecule has 3 rings (SSSR count). The van der Waals surface area contributed by atoms with Crippen LogP contribution in [0.1, 0.15) is 13.3 Å². The molecular weight excluding hydrogens is 392 g/mol. The molecule has 1 aliphatic heterocycles. The molecule has 0 radical (unpaired) electrons. The number of halogens is 1. The van der Waals surface area contributed by atoms with Crippen LogP contribution < -0.4 is 15.5 Å². The second kappa shape index (κ2) is 10.5. The fraction of sp³-hybridized carbons (Fsp3) is 0.381. The van der Waals surface area contributed by atoms with Crippen molar-refractivity contribution >= 4 is 34.0 Å². The van der Waals surface area contributed by atoms with E-state index in [1.165, 1.54) is 0 Å². The number of aliphatic imine (C=N–C) groups is 1. The fourth-order valence-electron chi connectivity index (χ4n) is 3.23. The summed E-state index contributed by atoms with van der Waals surface area (Å²) in [6.07, 6.45) is 1.03. The first-order chi connectivity index (χ1) is 13.7. The summed E-state index contributed by atoms with van der Waals surface area (Å²) >= 11 is 6.12. The summed E-state index contributed by atoms with van der Waals surface area (Å²) in [4.78, 5) is 7.80. The monoisotopic (exact) mass is 418 g/mol. The van der Waals surface area contributed by atoms with Crippen LogP contribution in [0.2, 0.25) is 5.02 Å². The minimum Gasteiger partial charge on any atom is -0.369 e. The van der Waals surface area contributed by atoms with Gasteiger partial charge in [-0.15, -0.1) is 0 Å². The second-order valence-electron chi connectivity index (χ2n) is 6.68. The minimum absolute atomic E-state index is 0.316. The van der Waals surface area contributed by atoms with Crippen molar-refractivity contribution in [3.05, 3.63) is 59.6 Å². The first-order valence-corrected chi connectivity index (χ1v) is 11.3. The van der Waals surface area contributed by atoms with Gasteiger partial charge in [0, 0.05) is 47.0 Å². The summed E-state index contributed by atoms with van der Waals surface area (Å²) in [7, 11) is -1.02. The topological polar surface area (TPSA) is 56.7 Å². The van der Waals surface area contributed by atoms with Gasteiger partial charge in [-0.1, -0.05) is 35.9 Å². The van der Waals surface area contributed by atoms with Gasteiger partial charge < -0.3 is 15.5 Å². The van der Waals surface area contributed by atoms with Crippen LogP contribution in [0.3, 0.4) is 0 Å². The van der Waals surface area contributed by atoms with Crippen LogP contribution in [0.5, 0.6) is 0 Å². The summed E-state index contributed by atoms with van der Waals surface area (Å²) in [6.45, 7) is 5.24. The van der Waals surface area contributed by atoms with Crippen LogP contribution >= 0.6 is 11.6 Å². The van der Waals surface area contributed by atoms with Crippen molar-refractivity contribution in [2.45, 2.75) is 24.3 Å². The summed E-state index contributed by atoms with van der Waals surface area (Å²) in [5.41, 5.74) is 1.15. The molecule has 0 aromatic heterocycles. The molecule has 1 aliphatic rings. The molecule has 150 valence electrons. The molecule has 0 amide bonds. The lowest BCUT2D eigenvalue weighted by molar-refractivity contribution is 0.650. The lowest BCUT2D eigenvalue weighted by atomic mass is 10.3. The number of nitrogens with one attached hydrogen (secondary N) is 2. The van der Waals surface area contributed by atoms with Gasteiger partial charge in [0.15, 0.2) is 5.96 Å². The molecule has 2 aromatic rings. The Morgan fingerprint density at radius 1 is 1.25 bits per heavy atom. The number of hydrogen-bond acceptors (Lipinski definition) is 3. The highest BCUT2D eigenvalue weighted by Crippen LogP contribution is 2.23. The van der Waals surface area contributed by atoms with E-state index in [4.69, 9.17) is 11.6 Å². The minimum atomic E-state index is -1.02. The van der Waals surface area contributed by atoms with Crippen LogP contribution in [-0.2, 0) is 10.8 Å². The van der Waals surface area contributed by atoms with Gasteiger partial charge in [-0.3, -0.25) is 9.20 Å². The van der Waals surface area contributed by atoms with Crippen LogP contribution in [0.15, 0.2) is 64.5 Å². The molecule has 0 bridgehead atoms. The zero-order valence-electron chi connectivity index (χ0n) is 16.1. The molecule has 2 N–H and O–H groups in total. The lowest BCUT2D eigenvalue weighted by Crippen LogP contribution is -2.44. The van der Waals surface area contributed by atoms with Crippen LogP contribution in [0.25, 0.3) is 0 Å². The van der Waals surface area contributed by atoms with Gasteiger partial charge in [0.1, 0.15) is 0 Å². The van der Waals surface area contributed by atoms with Gasteiger partial charge in [-0.2, -0.15) is 0 Å². The number of anilines is 1. The van der Waals surface area contributed by atoms with E-state index in [1.807, 2.05) is 55.5 Å². The maximum absolute atomic E-state index is 12.3. The molecule has 0 saturated carbocycles. The van der Waals surface area contributed by atoms with Crippen molar-refractivity contribution in [3.63, 3.8) is 0 Å². The molecule has 1 saturated heterocycles. The number of nitrogens with zero attached hydrogens (tertiary/aromatic N) is 2. The highest BCUT2D eigenvalue weighted by atomic mass is 35.5. The van der Waals surface area contributed by atoms with Gasteiger partial charge in [0.25, 0.3) is 0 Å². The molecule has 5 nitrogen and oxygen atoms in total. The molecule has 28 heavy (non-hydrogen) atoms. The van der Waals surface area contributed by atoms with E-state index in [0.717, 1.165) is 47.6 Å². The molecule has 2 atom stereocenters. The Morgan fingerprint density at radius 2 is 2.07 bits per heavy atom. The first-order valence-electron chi connectivity index (χ1n) is 9.64. The average Bonchev–Trinajstić information content (AvgIpc) is 3.17. The van der Waals surface area contributed by atoms with Gasteiger partial charge in [-0.25, -0.2) is 0 Å². The number of benzene rings is 2. The van der Waals surface area contributed by atoms with Crippen molar-refractivity contribution in [1.82, 2.24) is 10.6 Å². The van der Waals surface area contributed by atoms with E-state index in [2.05, 4.69) is 26.6 Å². The zero-order valence-corrected chi connectivity index (χ0v) is 17.7. The summed E-state index contributed by atoms with van der Waals surface area (Å²) in [6, 6.07) is 17.8. The average molecular weight is 419 g/mol. The van der Waals surface area contributed by atoms with Crippen molar-refractivity contribution < 1.29 is 4.21 Å². The Kier molecular flexibility index (Phi) is 7.74. The van der Waals surface area contributed by atoms with E-state index in [1.54, 1.807) is 0 Å². The Hall–Kier alpha value is -2.05. The molecule has 1 fully saturated rings. The van der Waals surface area contributed by atoms with Crippen LogP contribution in [0.4, 0.5) is 5.69 Å². The van der Waals surface area contributed by atoms with Gasteiger partial charge in [0.2, 0.25) is 0 Å². The van der Waals surface area contributed by atoms with Gasteiger partial charge in [0.05, 0.1) is 17.3 Å². The van der Waals surface area contributed by atoms with E-state index < -0.39 is 10.8 Å². The first kappa shape index (κ1) is 20.7. The maximum Gasteiger partial charge on any atom is 0.191 e. The predicted octanol–water partition coefficient (Wildman–Crippen LogP) is 3.28. The Morgan fingerprint density at radius 3 is 2.82 bits per heavy atom. The summed E-state index contributed by atoms with van der Waals surface area (Å²) in [5, 5.41) is 7.56. The fourth-order valence-corrected chi connectivity index (χ4v) is 4.37. The molecule has 2 unspecified atom stereocenters. The smallest absolute Gasteiger partial charge is 0.191 e. The van der Waals surface area contributed by atoms with E-state index in [0.29, 0.717) is 18.3 Å². The number of rotatable bonds is 7. The van der Waals surface area contributed by atoms with Crippen molar-refractivity contribution in [2.75, 3.05) is 36.8 Å². The highest BCUT2D eigenvalue weighted by molar-refractivity contribution is 7.85. The molecule has 1 heterocycles. The maximum atomic E-state index is 12.3. The van der Waals surface area contributed by atoms with Crippen LogP contribution in [-0.4, -0.2) is 48.1 Å². The van der Waals surface area contributed by atoms with Crippen molar-refractivity contribution in [1.29, 1.82) is 0 Å². The second-order valence-corrected chi connectivity index (χ2v) is 8.69. The van der Waals surface area contributed by atoms with Crippen molar-refractivity contribution in [2.24, 2.45) is 4.99 Å². The Labute approximate surface area is 174 Å². The third-order valence-corrected chi connectivity index (χ3v) is 6.19. The quantitative estimate of drug-likeness (QED) is 0.535. The third-order valence-electron chi connectivity index (χ3n) is 4.60.